The quantitative estimate of drug-likeness (QED) is 0.648. The lowest BCUT2D eigenvalue weighted by Gasteiger charge is -2.19. The van der Waals surface area contributed by atoms with E-state index in [9.17, 15) is 9.59 Å². The summed E-state index contributed by atoms with van der Waals surface area (Å²) in [6.45, 7) is 6.91. The van der Waals surface area contributed by atoms with E-state index in [1.807, 2.05) is 55.8 Å². The van der Waals surface area contributed by atoms with Gasteiger partial charge in [0.2, 0.25) is 5.91 Å². The first-order chi connectivity index (χ1) is 14.2. The first kappa shape index (κ1) is 20.1. The highest BCUT2D eigenvalue weighted by atomic mass is 32.1. The van der Waals surface area contributed by atoms with Gasteiger partial charge in [-0.1, -0.05) is 29.5 Å². The van der Waals surface area contributed by atoms with E-state index in [0.717, 1.165) is 27.5 Å². The Morgan fingerprint density at radius 1 is 1.13 bits per heavy atom. The molecule has 0 fully saturated rings. The van der Waals surface area contributed by atoms with Crippen molar-refractivity contribution in [3.63, 3.8) is 0 Å². The van der Waals surface area contributed by atoms with Gasteiger partial charge in [0.1, 0.15) is 5.60 Å². The molecule has 8 nitrogen and oxygen atoms in total. The van der Waals surface area contributed by atoms with Gasteiger partial charge in [-0.15, -0.1) is 5.10 Å². The summed E-state index contributed by atoms with van der Waals surface area (Å²) < 4.78 is 7.22. The fraction of sp³-hybridized carbons (Fsp3) is 0.333. The molecule has 4 rings (SSSR count). The van der Waals surface area contributed by atoms with Crippen LogP contribution in [0.25, 0.3) is 16.3 Å². The molecule has 0 saturated carbocycles. The molecule has 9 heteroatoms. The molecular weight excluding hydrogens is 402 g/mol. The molecule has 0 aliphatic heterocycles. The third-order valence-corrected chi connectivity index (χ3v) is 5.43. The topological polar surface area (TPSA) is 98.1 Å². The number of para-hydroxylation sites is 1. The number of carbonyl (C=O) groups is 2. The number of ether oxygens (including phenoxy) is 1. The zero-order chi connectivity index (χ0) is 21.5. The van der Waals surface area contributed by atoms with Crippen molar-refractivity contribution >= 4 is 34.3 Å². The predicted octanol–water partition coefficient (Wildman–Crippen LogP) is 4.40. The van der Waals surface area contributed by atoms with Crippen LogP contribution >= 0.6 is 11.3 Å². The highest BCUT2D eigenvalue weighted by Crippen LogP contribution is 2.43. The molecule has 0 bridgehead atoms. The molecular formula is C21H23N5O3S. The van der Waals surface area contributed by atoms with Crippen LogP contribution in [0.5, 0.6) is 0 Å². The van der Waals surface area contributed by atoms with E-state index in [2.05, 4.69) is 15.6 Å². The minimum atomic E-state index is -0.607. The molecule has 0 radical (unpaired) electrons. The molecule has 2 aromatic heterocycles. The largest absolute Gasteiger partial charge is 0.444 e. The van der Waals surface area contributed by atoms with Gasteiger partial charge in [0.25, 0.3) is 0 Å². The summed E-state index contributed by atoms with van der Waals surface area (Å²) >= 11 is 1.41. The molecule has 2 N–H and O–H groups in total. The number of anilines is 2. The molecule has 1 aliphatic carbocycles. The van der Waals surface area contributed by atoms with Gasteiger partial charge >= 0.3 is 6.09 Å². The van der Waals surface area contributed by atoms with Gasteiger partial charge in [-0.2, -0.15) is 0 Å². The summed E-state index contributed by atoms with van der Waals surface area (Å²) in [6, 6.07) is 9.71. The van der Waals surface area contributed by atoms with Crippen LogP contribution in [0.1, 0.15) is 39.0 Å². The third kappa shape index (κ3) is 4.06. The number of hydrogen-bond acceptors (Lipinski definition) is 6. The van der Waals surface area contributed by atoms with Crippen LogP contribution in [-0.4, -0.2) is 32.4 Å². The van der Waals surface area contributed by atoms with Gasteiger partial charge in [0.15, 0.2) is 10.9 Å². The van der Waals surface area contributed by atoms with Crippen LogP contribution in [0.15, 0.2) is 30.3 Å². The molecule has 2 amide bonds. The average Bonchev–Trinajstić information content (AvgIpc) is 3.21. The van der Waals surface area contributed by atoms with Gasteiger partial charge in [-0.3, -0.25) is 10.1 Å². The molecule has 1 aliphatic rings. The summed E-state index contributed by atoms with van der Waals surface area (Å²) in [5.74, 6) is 0.313. The van der Waals surface area contributed by atoms with Gasteiger partial charge in [-0.05, 0) is 45.7 Å². The maximum absolute atomic E-state index is 12.4. The number of hydrogen-bond donors (Lipinski definition) is 2. The molecule has 2 heterocycles. The number of aryl methyl sites for hydroxylation is 1. The smallest absolute Gasteiger partial charge is 0.413 e. The van der Waals surface area contributed by atoms with Gasteiger partial charge < -0.3 is 10.1 Å². The van der Waals surface area contributed by atoms with E-state index in [0.29, 0.717) is 23.8 Å². The van der Waals surface area contributed by atoms with Gasteiger partial charge in [0, 0.05) is 12.5 Å². The van der Waals surface area contributed by atoms with E-state index in [-0.39, 0.29) is 5.91 Å². The number of benzene rings is 1. The Morgan fingerprint density at radius 2 is 1.87 bits per heavy atom. The van der Waals surface area contributed by atoms with Crippen LogP contribution in [0.3, 0.4) is 0 Å². The van der Waals surface area contributed by atoms with Crippen molar-refractivity contribution in [3.8, 4) is 16.3 Å². The predicted molar refractivity (Wildman–Crippen MR) is 116 cm³/mol. The number of nitrogens with zero attached hydrogens (tertiary/aromatic N) is 3. The zero-order valence-corrected chi connectivity index (χ0v) is 18.1. The number of carbonyl (C=O) groups excluding carboxylic acids is 2. The summed E-state index contributed by atoms with van der Waals surface area (Å²) in [7, 11) is 0. The highest BCUT2D eigenvalue weighted by molar-refractivity contribution is 7.19. The fourth-order valence-corrected chi connectivity index (χ4v) is 4.45. The number of fused-ring (bicyclic) bond motifs is 3. The molecule has 3 aromatic rings. The minimum absolute atomic E-state index is 0.162. The second-order valence-corrected chi connectivity index (χ2v) is 9.03. The van der Waals surface area contributed by atoms with Crippen molar-refractivity contribution < 1.29 is 14.3 Å². The van der Waals surface area contributed by atoms with Crippen molar-refractivity contribution in [1.82, 2.24) is 14.8 Å². The molecule has 0 atom stereocenters. The van der Waals surface area contributed by atoms with Crippen LogP contribution in [0.4, 0.5) is 15.7 Å². The van der Waals surface area contributed by atoms with Crippen LogP contribution in [-0.2, 0) is 22.4 Å². The Morgan fingerprint density at radius 3 is 2.53 bits per heavy atom. The summed E-state index contributed by atoms with van der Waals surface area (Å²) in [6.07, 6.45) is 0.822. The first-order valence-corrected chi connectivity index (χ1v) is 10.5. The van der Waals surface area contributed by atoms with E-state index in [1.165, 1.54) is 18.3 Å². The van der Waals surface area contributed by atoms with Gasteiger partial charge in [-0.25, -0.2) is 14.5 Å². The first-order valence-electron chi connectivity index (χ1n) is 9.66. The number of rotatable bonds is 3. The Balaban J connectivity index is 1.80. The van der Waals surface area contributed by atoms with Crippen LogP contribution in [0.2, 0.25) is 0 Å². The van der Waals surface area contributed by atoms with E-state index < -0.39 is 11.7 Å². The van der Waals surface area contributed by atoms with Crippen molar-refractivity contribution in [3.05, 3.63) is 41.6 Å². The monoisotopic (exact) mass is 425 g/mol. The van der Waals surface area contributed by atoms with Crippen molar-refractivity contribution in [1.29, 1.82) is 0 Å². The Labute approximate surface area is 178 Å². The summed E-state index contributed by atoms with van der Waals surface area (Å²) in [4.78, 5) is 29.4. The Kier molecular flexibility index (Phi) is 5.07. The van der Waals surface area contributed by atoms with Crippen LogP contribution < -0.4 is 10.6 Å². The fourth-order valence-electron chi connectivity index (χ4n) is 3.33. The maximum atomic E-state index is 12.4. The van der Waals surface area contributed by atoms with Crippen LogP contribution in [0, 0.1) is 0 Å². The number of thiazole rings is 1. The highest BCUT2D eigenvalue weighted by Gasteiger charge is 2.30. The van der Waals surface area contributed by atoms with E-state index in [4.69, 9.17) is 9.84 Å². The number of nitrogens with one attached hydrogen (secondary N) is 2. The molecule has 0 unspecified atom stereocenters. The van der Waals surface area contributed by atoms with E-state index in [1.54, 1.807) is 0 Å². The summed E-state index contributed by atoms with van der Waals surface area (Å²) in [5, 5.41) is 10.8. The SMILES string of the molecule is CC(=O)Nc1nc2c(s1)-c1c(c(NC(=O)OC(C)(C)C)nn1-c1ccccc1)CC2. The number of aromatic nitrogens is 3. The molecule has 30 heavy (non-hydrogen) atoms. The zero-order valence-electron chi connectivity index (χ0n) is 17.3. The standard InChI is InChI=1S/C21H23N5O3S/c1-12(27)22-19-23-15-11-10-14-16(17(15)30-19)26(13-8-6-5-7-9-13)25-18(14)24-20(28)29-21(2,3)4/h5-9H,10-11H2,1-4H3,(H,22,23,27)(H,24,25,28). The van der Waals surface area contributed by atoms with Crippen molar-refractivity contribution in [2.24, 2.45) is 0 Å². The Bertz CT molecular complexity index is 1110. The lowest BCUT2D eigenvalue weighted by molar-refractivity contribution is -0.114. The van der Waals surface area contributed by atoms with Crippen molar-refractivity contribution in [2.75, 3.05) is 10.6 Å². The van der Waals surface area contributed by atoms with Crippen molar-refractivity contribution in [2.45, 2.75) is 46.1 Å². The average molecular weight is 426 g/mol. The lowest BCUT2D eigenvalue weighted by atomic mass is 9.99. The van der Waals surface area contributed by atoms with E-state index >= 15 is 0 Å². The second kappa shape index (κ2) is 7.56. The maximum Gasteiger partial charge on any atom is 0.413 e. The normalized spacial score (nSPS) is 12.7. The van der Waals surface area contributed by atoms with Gasteiger partial charge in [0.05, 0.1) is 22.0 Å². The summed E-state index contributed by atoms with van der Waals surface area (Å²) in [5.41, 5.74) is 2.98. The third-order valence-electron chi connectivity index (χ3n) is 4.41. The molecule has 0 saturated heterocycles. The molecule has 1 aromatic carbocycles. The molecule has 156 valence electrons. The Hall–Kier alpha value is -3.20. The number of amides is 2. The molecule has 0 spiro atoms. The lowest BCUT2D eigenvalue weighted by Crippen LogP contribution is -2.27. The minimum Gasteiger partial charge on any atom is -0.444 e. The second-order valence-electron chi connectivity index (χ2n) is 8.03.